The fraction of sp³-hybridized carbons (Fsp3) is 0.182. The number of aromatic nitrogens is 1. The molecule has 0 aliphatic rings. The van der Waals surface area contributed by atoms with Gasteiger partial charge in [-0.15, -0.1) is 0 Å². The second-order valence-electron chi connectivity index (χ2n) is 3.40. The van der Waals surface area contributed by atoms with Crippen LogP contribution in [0.2, 0.25) is 0 Å². The van der Waals surface area contributed by atoms with Crippen molar-refractivity contribution in [1.29, 1.82) is 0 Å². The van der Waals surface area contributed by atoms with Crippen molar-refractivity contribution in [3.05, 3.63) is 34.1 Å². The molecule has 0 aliphatic heterocycles. The van der Waals surface area contributed by atoms with Crippen molar-refractivity contribution in [2.45, 2.75) is 13.8 Å². The molecule has 72 valence electrons. The number of benzene rings is 1. The molecule has 0 saturated heterocycles. The van der Waals surface area contributed by atoms with E-state index in [-0.39, 0.29) is 0 Å². The molecule has 1 aromatic heterocycles. The summed E-state index contributed by atoms with van der Waals surface area (Å²) >= 11 is 3.51. The summed E-state index contributed by atoms with van der Waals surface area (Å²) in [7, 11) is 0. The van der Waals surface area contributed by atoms with Gasteiger partial charge in [0.05, 0.1) is 0 Å². The summed E-state index contributed by atoms with van der Waals surface area (Å²) in [6.07, 6.45) is 3.66. The van der Waals surface area contributed by atoms with Crippen LogP contribution >= 0.6 is 15.9 Å². The van der Waals surface area contributed by atoms with Crippen molar-refractivity contribution in [3.63, 3.8) is 0 Å². The van der Waals surface area contributed by atoms with Gasteiger partial charge in [0.2, 0.25) is 0 Å². The van der Waals surface area contributed by atoms with Crippen LogP contribution in [0.5, 0.6) is 0 Å². The zero-order valence-corrected chi connectivity index (χ0v) is 9.72. The molecule has 3 heteroatoms. The number of pyridine rings is 1. The van der Waals surface area contributed by atoms with E-state index in [2.05, 4.69) is 27.8 Å². The second kappa shape index (κ2) is 3.24. The number of rotatable bonds is 0. The Morgan fingerprint density at radius 3 is 2.64 bits per heavy atom. The fourth-order valence-electron chi connectivity index (χ4n) is 1.65. The van der Waals surface area contributed by atoms with Crippen LogP contribution in [0.1, 0.15) is 11.1 Å². The van der Waals surface area contributed by atoms with Crippen molar-refractivity contribution in [3.8, 4) is 0 Å². The van der Waals surface area contributed by atoms with Crippen LogP contribution in [0.4, 0.5) is 5.69 Å². The van der Waals surface area contributed by atoms with E-state index >= 15 is 0 Å². The van der Waals surface area contributed by atoms with E-state index in [1.165, 1.54) is 10.9 Å². The van der Waals surface area contributed by atoms with E-state index in [1.807, 2.05) is 19.2 Å². The van der Waals surface area contributed by atoms with Crippen LogP contribution in [-0.4, -0.2) is 4.98 Å². The maximum Gasteiger partial charge on any atom is 0.0497 e. The molecule has 2 aromatic rings. The molecule has 0 amide bonds. The van der Waals surface area contributed by atoms with E-state index in [0.29, 0.717) is 0 Å². The highest BCUT2D eigenvalue weighted by Crippen LogP contribution is 2.34. The molecule has 2 nitrogen and oxygen atoms in total. The molecule has 1 aromatic carbocycles. The minimum atomic E-state index is 0.808. The number of nitrogens with zero attached hydrogens (tertiary/aromatic N) is 1. The van der Waals surface area contributed by atoms with Gasteiger partial charge in [0.1, 0.15) is 0 Å². The summed E-state index contributed by atoms with van der Waals surface area (Å²) in [6.45, 7) is 4.08. The fourth-order valence-corrected chi connectivity index (χ4v) is 2.16. The van der Waals surface area contributed by atoms with Crippen LogP contribution in [-0.2, 0) is 0 Å². The van der Waals surface area contributed by atoms with Crippen LogP contribution in [0.25, 0.3) is 10.8 Å². The average Bonchev–Trinajstić information content (AvgIpc) is 2.23. The van der Waals surface area contributed by atoms with Crippen LogP contribution < -0.4 is 5.73 Å². The normalized spacial score (nSPS) is 10.8. The molecule has 0 spiro atoms. The minimum absolute atomic E-state index is 0.808. The van der Waals surface area contributed by atoms with Crippen LogP contribution in [0.3, 0.4) is 0 Å². The third-order valence-corrected chi connectivity index (χ3v) is 3.62. The van der Waals surface area contributed by atoms with E-state index in [4.69, 9.17) is 5.73 Å². The molecule has 0 unspecified atom stereocenters. The lowest BCUT2D eigenvalue weighted by molar-refractivity contribution is 1.33. The zero-order valence-electron chi connectivity index (χ0n) is 8.13. The molecular formula is C11H11BrN2. The van der Waals surface area contributed by atoms with Crippen molar-refractivity contribution in [2.75, 3.05) is 5.73 Å². The summed E-state index contributed by atoms with van der Waals surface area (Å²) in [5.41, 5.74) is 9.04. The van der Waals surface area contributed by atoms with Gasteiger partial charge in [0.25, 0.3) is 0 Å². The van der Waals surface area contributed by atoms with Crippen LogP contribution in [0.15, 0.2) is 22.9 Å². The summed E-state index contributed by atoms with van der Waals surface area (Å²) < 4.78 is 0.994. The monoisotopic (exact) mass is 250 g/mol. The van der Waals surface area contributed by atoms with Gasteiger partial charge in [-0.1, -0.05) is 0 Å². The number of hydrogen-bond donors (Lipinski definition) is 1. The maximum absolute atomic E-state index is 5.97. The summed E-state index contributed by atoms with van der Waals surface area (Å²) in [6, 6.07) is 2.02. The van der Waals surface area contributed by atoms with E-state index in [9.17, 15) is 0 Å². The van der Waals surface area contributed by atoms with Gasteiger partial charge in [-0.2, -0.15) is 0 Å². The van der Waals surface area contributed by atoms with E-state index < -0.39 is 0 Å². The van der Waals surface area contributed by atoms with Gasteiger partial charge < -0.3 is 5.73 Å². The number of fused-ring (bicyclic) bond motifs is 1. The molecule has 0 radical (unpaired) electrons. The highest BCUT2D eigenvalue weighted by Gasteiger charge is 2.09. The van der Waals surface area contributed by atoms with Gasteiger partial charge in [-0.25, -0.2) is 0 Å². The Morgan fingerprint density at radius 2 is 1.93 bits per heavy atom. The lowest BCUT2D eigenvalue weighted by Gasteiger charge is -2.11. The molecule has 2 rings (SSSR count). The lowest BCUT2D eigenvalue weighted by Crippen LogP contribution is -1.95. The first kappa shape index (κ1) is 9.46. The molecule has 0 atom stereocenters. The van der Waals surface area contributed by atoms with E-state index in [1.54, 1.807) is 6.20 Å². The number of nitrogen functional groups attached to an aromatic ring is 1. The van der Waals surface area contributed by atoms with Crippen molar-refractivity contribution in [1.82, 2.24) is 4.98 Å². The third kappa shape index (κ3) is 1.20. The average molecular weight is 251 g/mol. The molecule has 14 heavy (non-hydrogen) atoms. The smallest absolute Gasteiger partial charge is 0.0497 e. The summed E-state index contributed by atoms with van der Waals surface area (Å²) in [4.78, 5) is 4.11. The first-order valence-electron chi connectivity index (χ1n) is 4.40. The topological polar surface area (TPSA) is 38.9 Å². The van der Waals surface area contributed by atoms with Crippen molar-refractivity contribution >= 4 is 32.4 Å². The highest BCUT2D eigenvalue weighted by atomic mass is 79.9. The quantitative estimate of drug-likeness (QED) is 0.730. The first-order valence-corrected chi connectivity index (χ1v) is 5.20. The molecule has 0 fully saturated rings. The Hall–Kier alpha value is -1.09. The lowest BCUT2D eigenvalue weighted by atomic mass is 10.0. The Kier molecular flexibility index (Phi) is 2.19. The molecule has 0 saturated carbocycles. The molecule has 2 N–H and O–H groups in total. The summed E-state index contributed by atoms with van der Waals surface area (Å²) in [5, 5.41) is 2.34. The predicted molar refractivity (Wildman–Crippen MR) is 63.3 cm³/mol. The maximum atomic E-state index is 5.97. The summed E-state index contributed by atoms with van der Waals surface area (Å²) in [5.74, 6) is 0. The minimum Gasteiger partial charge on any atom is -0.398 e. The van der Waals surface area contributed by atoms with Crippen molar-refractivity contribution in [2.24, 2.45) is 0 Å². The zero-order chi connectivity index (χ0) is 10.3. The Labute approximate surface area is 91.3 Å². The van der Waals surface area contributed by atoms with Crippen molar-refractivity contribution < 1.29 is 0 Å². The third-order valence-electron chi connectivity index (χ3n) is 2.60. The Morgan fingerprint density at radius 1 is 1.21 bits per heavy atom. The predicted octanol–water partition coefficient (Wildman–Crippen LogP) is 3.20. The number of halogens is 1. The Balaban J connectivity index is 3.02. The number of aryl methyl sites for hydroxylation is 2. The van der Waals surface area contributed by atoms with Gasteiger partial charge in [0, 0.05) is 27.9 Å². The standard InChI is InChI=1S/C11H11BrN2/c1-6-8-3-4-14-5-9(8)7(2)11(13)10(6)12/h3-5H,13H2,1-2H3. The van der Waals surface area contributed by atoms with E-state index in [0.717, 1.165) is 21.1 Å². The molecular weight excluding hydrogens is 240 g/mol. The van der Waals surface area contributed by atoms with Gasteiger partial charge >= 0.3 is 0 Å². The number of hydrogen-bond acceptors (Lipinski definition) is 2. The van der Waals surface area contributed by atoms with Gasteiger partial charge in [-0.3, -0.25) is 4.98 Å². The first-order chi connectivity index (χ1) is 6.63. The van der Waals surface area contributed by atoms with Crippen LogP contribution in [0, 0.1) is 13.8 Å². The highest BCUT2D eigenvalue weighted by molar-refractivity contribution is 9.10. The Bertz CT molecular complexity index is 460. The number of anilines is 1. The van der Waals surface area contributed by atoms with Gasteiger partial charge in [0.15, 0.2) is 0 Å². The molecule has 0 aliphatic carbocycles. The SMILES string of the molecule is Cc1c(N)c(Br)c(C)c2ccncc12. The number of nitrogens with two attached hydrogens (primary N) is 1. The molecule has 0 bridgehead atoms. The van der Waals surface area contributed by atoms with Gasteiger partial charge in [-0.05, 0) is 52.4 Å². The largest absolute Gasteiger partial charge is 0.398 e. The molecule has 1 heterocycles. The second-order valence-corrected chi connectivity index (χ2v) is 4.19.